The number of amides is 3. The van der Waals surface area contributed by atoms with E-state index in [0.29, 0.717) is 21.5 Å². The van der Waals surface area contributed by atoms with Gasteiger partial charge < -0.3 is 5.32 Å². The van der Waals surface area contributed by atoms with Crippen LogP contribution in [0.5, 0.6) is 0 Å². The predicted molar refractivity (Wildman–Crippen MR) is 124 cm³/mol. The van der Waals surface area contributed by atoms with E-state index in [-0.39, 0.29) is 6.54 Å². The quantitative estimate of drug-likeness (QED) is 0.510. The van der Waals surface area contributed by atoms with Gasteiger partial charge in [-0.15, -0.1) is 11.3 Å². The molecule has 1 fully saturated rings. The number of carbonyl (C=O) groups is 3. The van der Waals surface area contributed by atoms with E-state index in [1.807, 2.05) is 54.6 Å². The number of anilines is 1. The van der Waals surface area contributed by atoms with Gasteiger partial charge in [0.05, 0.1) is 4.91 Å². The Morgan fingerprint density at radius 2 is 1.84 bits per heavy atom. The average molecular weight is 470 g/mol. The number of thiazole rings is 1. The molecule has 9 heteroatoms. The number of nitrogens with zero attached hydrogens (tertiary/aromatic N) is 2. The number of carbonyl (C=O) groups excluding carboxylic acids is 3. The summed E-state index contributed by atoms with van der Waals surface area (Å²) in [7, 11) is 0. The van der Waals surface area contributed by atoms with Crippen molar-refractivity contribution in [3.63, 3.8) is 0 Å². The summed E-state index contributed by atoms with van der Waals surface area (Å²) < 4.78 is 0. The molecule has 0 radical (unpaired) electrons. The predicted octanol–water partition coefficient (Wildman–Crippen LogP) is 5.06. The molecular formula is C22H16ClN3O3S2. The SMILES string of the molecule is O=C(CN1C(=O)S/C(=C\c2ccccc2)C1=O)Nc1ncc(Cc2ccc(Cl)cc2)s1. The van der Waals surface area contributed by atoms with Crippen LogP contribution in [0.1, 0.15) is 16.0 Å². The number of thioether (sulfide) groups is 1. The summed E-state index contributed by atoms with van der Waals surface area (Å²) in [5.41, 5.74) is 1.89. The van der Waals surface area contributed by atoms with E-state index in [0.717, 1.165) is 32.7 Å². The highest BCUT2D eigenvalue weighted by Gasteiger charge is 2.36. The summed E-state index contributed by atoms with van der Waals surface area (Å²) in [6.07, 6.45) is 4.00. The Kier molecular flexibility index (Phi) is 6.50. The van der Waals surface area contributed by atoms with Crippen LogP contribution in [0, 0.1) is 0 Å². The first-order chi connectivity index (χ1) is 15.0. The number of hydrogen-bond acceptors (Lipinski definition) is 6. The fraction of sp³-hybridized carbons (Fsp3) is 0.0909. The number of halogens is 1. The van der Waals surface area contributed by atoms with Crippen molar-refractivity contribution in [2.45, 2.75) is 6.42 Å². The van der Waals surface area contributed by atoms with Gasteiger partial charge in [-0.25, -0.2) is 4.98 Å². The van der Waals surface area contributed by atoms with Gasteiger partial charge in [-0.3, -0.25) is 19.3 Å². The first-order valence-electron chi connectivity index (χ1n) is 9.27. The average Bonchev–Trinajstić information content (AvgIpc) is 3.29. The minimum Gasteiger partial charge on any atom is -0.300 e. The lowest BCUT2D eigenvalue weighted by molar-refractivity contribution is -0.127. The molecule has 1 aromatic heterocycles. The molecule has 3 aromatic rings. The van der Waals surface area contributed by atoms with Crippen molar-refractivity contribution in [1.82, 2.24) is 9.88 Å². The van der Waals surface area contributed by atoms with Gasteiger partial charge in [0.1, 0.15) is 6.54 Å². The highest BCUT2D eigenvalue weighted by Crippen LogP contribution is 2.32. The molecular weight excluding hydrogens is 454 g/mol. The topological polar surface area (TPSA) is 79.4 Å². The Labute approximate surface area is 191 Å². The summed E-state index contributed by atoms with van der Waals surface area (Å²) in [6.45, 7) is -0.358. The second kappa shape index (κ2) is 9.47. The van der Waals surface area contributed by atoms with Crippen molar-refractivity contribution < 1.29 is 14.4 Å². The molecule has 0 unspecified atom stereocenters. The summed E-state index contributed by atoms with van der Waals surface area (Å²) in [4.78, 5) is 43.6. The zero-order chi connectivity index (χ0) is 21.8. The maximum atomic E-state index is 12.6. The number of rotatable bonds is 6. The number of aromatic nitrogens is 1. The number of hydrogen-bond donors (Lipinski definition) is 1. The maximum absolute atomic E-state index is 12.6. The summed E-state index contributed by atoms with van der Waals surface area (Å²) >= 11 is 8.07. The molecule has 1 saturated heterocycles. The molecule has 156 valence electrons. The minimum absolute atomic E-state index is 0.295. The first-order valence-corrected chi connectivity index (χ1v) is 11.3. The standard InChI is InChI=1S/C22H16ClN3O3S2/c23-16-8-6-15(7-9-16)10-17-12-24-21(30-17)25-19(27)13-26-20(28)18(31-22(26)29)11-14-4-2-1-3-5-14/h1-9,11-12H,10,13H2,(H,24,25,27)/b18-11-. The van der Waals surface area contributed by atoms with Crippen molar-refractivity contribution in [3.8, 4) is 0 Å². The fourth-order valence-corrected chi connectivity index (χ4v) is 4.72. The lowest BCUT2D eigenvalue weighted by Gasteiger charge is -2.11. The second-order valence-corrected chi connectivity index (χ2v) is 9.21. The van der Waals surface area contributed by atoms with Crippen LogP contribution >= 0.6 is 34.7 Å². The second-order valence-electron chi connectivity index (χ2n) is 6.66. The van der Waals surface area contributed by atoms with Crippen LogP contribution in [0.3, 0.4) is 0 Å². The Morgan fingerprint density at radius 1 is 1.10 bits per heavy atom. The van der Waals surface area contributed by atoms with E-state index in [9.17, 15) is 14.4 Å². The van der Waals surface area contributed by atoms with E-state index in [4.69, 9.17) is 11.6 Å². The third kappa shape index (κ3) is 5.41. The lowest BCUT2D eigenvalue weighted by Crippen LogP contribution is -2.36. The molecule has 2 aromatic carbocycles. The fourth-order valence-electron chi connectivity index (χ4n) is 2.89. The van der Waals surface area contributed by atoms with Crippen molar-refractivity contribution in [2.75, 3.05) is 11.9 Å². The van der Waals surface area contributed by atoms with Gasteiger partial charge >= 0.3 is 0 Å². The Hall–Kier alpha value is -2.94. The summed E-state index contributed by atoms with van der Waals surface area (Å²) in [5, 5.41) is 3.29. The number of imide groups is 1. The highest BCUT2D eigenvalue weighted by molar-refractivity contribution is 8.18. The molecule has 31 heavy (non-hydrogen) atoms. The normalized spacial score (nSPS) is 15.0. The molecule has 1 N–H and O–H groups in total. The number of nitrogens with one attached hydrogen (secondary N) is 1. The van der Waals surface area contributed by atoms with E-state index < -0.39 is 17.1 Å². The Balaban J connectivity index is 1.36. The molecule has 0 spiro atoms. The zero-order valence-electron chi connectivity index (χ0n) is 16.1. The monoisotopic (exact) mass is 469 g/mol. The van der Waals surface area contributed by atoms with Crippen LogP contribution in [-0.2, 0) is 16.0 Å². The number of benzene rings is 2. The smallest absolute Gasteiger partial charge is 0.294 e. The summed E-state index contributed by atoms with van der Waals surface area (Å²) in [6, 6.07) is 16.7. The lowest BCUT2D eigenvalue weighted by atomic mass is 10.1. The van der Waals surface area contributed by atoms with Gasteiger partial charge in [0.25, 0.3) is 11.1 Å². The Bertz CT molecular complexity index is 1160. The molecule has 2 heterocycles. The maximum Gasteiger partial charge on any atom is 0.294 e. The van der Waals surface area contributed by atoms with Gasteiger partial charge in [0.2, 0.25) is 5.91 Å². The molecule has 0 aliphatic carbocycles. The molecule has 1 aliphatic heterocycles. The molecule has 0 atom stereocenters. The molecule has 0 bridgehead atoms. The van der Waals surface area contributed by atoms with Gasteiger partial charge in [0.15, 0.2) is 5.13 Å². The molecule has 0 saturated carbocycles. The van der Waals surface area contributed by atoms with Crippen molar-refractivity contribution in [1.29, 1.82) is 0 Å². The largest absolute Gasteiger partial charge is 0.300 e. The molecule has 4 rings (SSSR count). The van der Waals surface area contributed by atoms with Gasteiger partial charge in [0, 0.05) is 22.5 Å². The third-order valence-corrected chi connectivity index (χ3v) is 6.44. The molecule has 3 amide bonds. The summed E-state index contributed by atoms with van der Waals surface area (Å²) in [5.74, 6) is -0.952. The van der Waals surface area contributed by atoms with Crippen molar-refractivity contribution >= 4 is 63.0 Å². The van der Waals surface area contributed by atoms with E-state index >= 15 is 0 Å². The first kappa shape index (κ1) is 21.3. The van der Waals surface area contributed by atoms with E-state index in [2.05, 4.69) is 10.3 Å². The van der Waals surface area contributed by atoms with Crippen LogP contribution in [0.15, 0.2) is 65.7 Å². The van der Waals surface area contributed by atoms with Crippen molar-refractivity contribution in [3.05, 3.63) is 86.7 Å². The van der Waals surface area contributed by atoms with Crippen LogP contribution in [0.2, 0.25) is 5.02 Å². The van der Waals surface area contributed by atoms with Crippen LogP contribution in [0.25, 0.3) is 6.08 Å². The van der Waals surface area contributed by atoms with Gasteiger partial charge in [-0.1, -0.05) is 54.1 Å². The van der Waals surface area contributed by atoms with E-state index in [1.165, 1.54) is 11.3 Å². The Morgan fingerprint density at radius 3 is 2.58 bits per heavy atom. The van der Waals surface area contributed by atoms with Gasteiger partial charge in [-0.05, 0) is 41.1 Å². The minimum atomic E-state index is -0.476. The van der Waals surface area contributed by atoms with E-state index in [1.54, 1.807) is 12.3 Å². The third-order valence-electron chi connectivity index (χ3n) is 4.36. The molecule has 6 nitrogen and oxygen atoms in total. The van der Waals surface area contributed by atoms with Gasteiger partial charge in [-0.2, -0.15) is 0 Å². The highest BCUT2D eigenvalue weighted by atomic mass is 35.5. The zero-order valence-corrected chi connectivity index (χ0v) is 18.5. The van der Waals surface area contributed by atoms with Crippen LogP contribution in [0.4, 0.5) is 9.93 Å². The molecule has 1 aliphatic rings. The van der Waals surface area contributed by atoms with Crippen molar-refractivity contribution in [2.24, 2.45) is 0 Å². The van der Waals surface area contributed by atoms with Crippen LogP contribution < -0.4 is 5.32 Å². The van der Waals surface area contributed by atoms with Crippen LogP contribution in [-0.4, -0.2) is 33.5 Å².